The number of rotatable bonds is 6. The fourth-order valence-electron chi connectivity index (χ4n) is 2.57. The molecule has 1 saturated heterocycles. The molecule has 5 nitrogen and oxygen atoms in total. The number of hydrogen-bond acceptors (Lipinski definition) is 4. The summed E-state index contributed by atoms with van der Waals surface area (Å²) in [6, 6.07) is 12.3. The second-order valence-corrected chi connectivity index (χ2v) is 6.44. The molecule has 7 heteroatoms. The highest BCUT2D eigenvalue weighted by atomic mass is 35.5. The molecule has 0 atom stereocenters. The van der Waals surface area contributed by atoms with Crippen LogP contribution in [0.15, 0.2) is 60.8 Å². The minimum Gasteiger partial charge on any atom is -0.493 e. The van der Waals surface area contributed by atoms with E-state index in [9.17, 15) is 4.79 Å². The summed E-state index contributed by atoms with van der Waals surface area (Å²) in [5, 5.41) is 3.85. The van der Waals surface area contributed by atoms with E-state index >= 15 is 0 Å². The van der Waals surface area contributed by atoms with E-state index < -0.39 is 0 Å². The zero-order chi connectivity index (χ0) is 19.4. The summed E-state index contributed by atoms with van der Waals surface area (Å²) in [7, 11) is 1.56. The molecule has 0 bridgehead atoms. The third kappa shape index (κ3) is 4.13. The number of hydrogen-bond donors (Lipinski definition) is 1. The average Bonchev–Trinajstić information content (AvgIpc) is 2.94. The molecule has 138 valence electrons. The van der Waals surface area contributed by atoms with Gasteiger partial charge in [0.2, 0.25) is 0 Å². The van der Waals surface area contributed by atoms with E-state index in [0.29, 0.717) is 39.6 Å². The molecule has 0 spiro atoms. The van der Waals surface area contributed by atoms with Crippen molar-refractivity contribution < 1.29 is 14.3 Å². The standard InChI is InChI=1S/C20H17ClN2O3S/c1-3-10-26-17-9-4-13(12-18(17)25-2)11-16-19(24)23(20(27)22-16)15-7-5-14(21)6-8-15/h3-9,11-12H,1,10H2,2H3,(H,22,27). The number of amides is 1. The Morgan fingerprint density at radius 2 is 1.96 bits per heavy atom. The number of anilines is 1. The Balaban J connectivity index is 1.87. The maximum Gasteiger partial charge on any atom is 0.281 e. The molecule has 0 unspecified atom stereocenters. The first-order chi connectivity index (χ1) is 13.0. The van der Waals surface area contributed by atoms with E-state index in [4.69, 9.17) is 33.3 Å². The minimum absolute atomic E-state index is 0.242. The molecule has 2 aromatic carbocycles. The second kappa shape index (κ2) is 8.24. The molecule has 1 aliphatic rings. The molecular weight excluding hydrogens is 384 g/mol. The van der Waals surface area contributed by atoms with Crippen LogP contribution in [0.2, 0.25) is 5.02 Å². The Kier molecular flexibility index (Phi) is 5.78. The number of halogens is 1. The van der Waals surface area contributed by atoms with Crippen LogP contribution < -0.4 is 19.7 Å². The Morgan fingerprint density at radius 3 is 2.63 bits per heavy atom. The molecule has 2 aromatic rings. The Bertz CT molecular complexity index is 925. The maximum atomic E-state index is 12.8. The number of methoxy groups -OCH3 is 1. The van der Waals surface area contributed by atoms with Crippen molar-refractivity contribution in [2.45, 2.75) is 0 Å². The van der Waals surface area contributed by atoms with Gasteiger partial charge in [-0.1, -0.05) is 30.3 Å². The summed E-state index contributed by atoms with van der Waals surface area (Å²) < 4.78 is 10.9. The van der Waals surface area contributed by atoms with Crippen molar-refractivity contribution in [3.8, 4) is 11.5 Å². The van der Waals surface area contributed by atoms with Gasteiger partial charge in [-0.05, 0) is 60.3 Å². The van der Waals surface area contributed by atoms with Gasteiger partial charge in [-0.2, -0.15) is 0 Å². The van der Waals surface area contributed by atoms with Gasteiger partial charge < -0.3 is 14.8 Å². The van der Waals surface area contributed by atoms with Crippen LogP contribution in [-0.4, -0.2) is 24.7 Å². The Hall–Kier alpha value is -2.83. The lowest BCUT2D eigenvalue weighted by Crippen LogP contribution is -2.30. The van der Waals surface area contributed by atoms with Gasteiger partial charge in [-0.15, -0.1) is 0 Å². The summed E-state index contributed by atoms with van der Waals surface area (Å²) in [4.78, 5) is 14.2. The van der Waals surface area contributed by atoms with Crippen molar-refractivity contribution in [2.24, 2.45) is 0 Å². The third-order valence-electron chi connectivity index (χ3n) is 3.82. The van der Waals surface area contributed by atoms with Crippen LogP contribution in [0.4, 0.5) is 5.69 Å². The lowest BCUT2D eigenvalue weighted by Gasteiger charge is -2.13. The summed E-state index contributed by atoms with van der Waals surface area (Å²) in [5.74, 6) is 0.922. The van der Waals surface area contributed by atoms with E-state index in [1.54, 1.807) is 55.7 Å². The topological polar surface area (TPSA) is 50.8 Å². The summed E-state index contributed by atoms with van der Waals surface area (Å²) >= 11 is 11.2. The smallest absolute Gasteiger partial charge is 0.281 e. The van der Waals surface area contributed by atoms with Crippen LogP contribution >= 0.6 is 23.8 Å². The summed E-state index contributed by atoms with van der Waals surface area (Å²) in [6.45, 7) is 4.00. The van der Waals surface area contributed by atoms with Gasteiger partial charge in [0.15, 0.2) is 16.6 Å². The van der Waals surface area contributed by atoms with Crippen LogP contribution in [0.1, 0.15) is 5.56 Å². The van der Waals surface area contributed by atoms with Crippen LogP contribution in [0.5, 0.6) is 11.5 Å². The zero-order valence-corrected chi connectivity index (χ0v) is 16.1. The molecule has 1 fully saturated rings. The van der Waals surface area contributed by atoms with Gasteiger partial charge in [-0.25, -0.2) is 0 Å². The number of nitrogens with one attached hydrogen (secondary N) is 1. The quantitative estimate of drug-likeness (QED) is 0.448. The average molecular weight is 401 g/mol. The molecule has 1 N–H and O–H groups in total. The lowest BCUT2D eigenvalue weighted by atomic mass is 10.1. The van der Waals surface area contributed by atoms with Crippen molar-refractivity contribution >= 4 is 46.6 Å². The Morgan fingerprint density at radius 1 is 1.22 bits per heavy atom. The van der Waals surface area contributed by atoms with E-state index in [-0.39, 0.29) is 5.91 Å². The fourth-order valence-corrected chi connectivity index (χ4v) is 2.99. The minimum atomic E-state index is -0.242. The molecular formula is C20H17ClN2O3S. The first-order valence-electron chi connectivity index (χ1n) is 8.08. The SMILES string of the molecule is C=CCOc1ccc(C=C2NC(=S)N(c3ccc(Cl)cc3)C2=O)cc1OC. The number of benzene rings is 2. The molecule has 3 rings (SSSR count). The number of carbonyl (C=O) groups excluding carboxylic acids is 1. The van der Waals surface area contributed by atoms with Gasteiger partial charge in [0, 0.05) is 5.02 Å². The van der Waals surface area contributed by atoms with E-state index in [1.165, 1.54) is 4.90 Å². The molecule has 27 heavy (non-hydrogen) atoms. The van der Waals surface area contributed by atoms with Crippen LogP contribution in [-0.2, 0) is 4.79 Å². The molecule has 1 aliphatic heterocycles. The van der Waals surface area contributed by atoms with Gasteiger partial charge in [0.1, 0.15) is 12.3 Å². The van der Waals surface area contributed by atoms with Crippen molar-refractivity contribution in [1.82, 2.24) is 5.32 Å². The molecule has 0 saturated carbocycles. The zero-order valence-electron chi connectivity index (χ0n) is 14.6. The first-order valence-corrected chi connectivity index (χ1v) is 8.86. The fraction of sp³-hybridized carbons (Fsp3) is 0.100. The molecule has 0 aromatic heterocycles. The number of carbonyl (C=O) groups is 1. The summed E-state index contributed by atoms with van der Waals surface area (Å²) in [5.41, 5.74) is 1.79. The van der Waals surface area contributed by atoms with Crippen LogP contribution in [0.25, 0.3) is 6.08 Å². The number of thiocarbonyl (C=S) groups is 1. The first kappa shape index (κ1) is 18.9. The largest absolute Gasteiger partial charge is 0.493 e. The van der Waals surface area contributed by atoms with Gasteiger partial charge in [0.05, 0.1) is 12.8 Å². The predicted octanol–water partition coefficient (Wildman–Crippen LogP) is 4.18. The second-order valence-electron chi connectivity index (χ2n) is 5.62. The maximum absolute atomic E-state index is 12.8. The van der Waals surface area contributed by atoms with Gasteiger partial charge >= 0.3 is 0 Å². The van der Waals surface area contributed by atoms with E-state index in [2.05, 4.69) is 11.9 Å². The van der Waals surface area contributed by atoms with Crippen molar-refractivity contribution in [1.29, 1.82) is 0 Å². The van der Waals surface area contributed by atoms with Gasteiger partial charge in [0.25, 0.3) is 5.91 Å². The monoisotopic (exact) mass is 400 g/mol. The van der Waals surface area contributed by atoms with E-state index in [1.807, 2.05) is 6.07 Å². The van der Waals surface area contributed by atoms with Crippen LogP contribution in [0.3, 0.4) is 0 Å². The number of ether oxygens (including phenoxy) is 2. The van der Waals surface area contributed by atoms with Crippen molar-refractivity contribution in [3.05, 3.63) is 71.4 Å². The Labute approximate surface area is 167 Å². The highest BCUT2D eigenvalue weighted by Crippen LogP contribution is 2.30. The molecule has 0 radical (unpaired) electrons. The molecule has 1 heterocycles. The lowest BCUT2D eigenvalue weighted by molar-refractivity contribution is -0.113. The van der Waals surface area contributed by atoms with E-state index in [0.717, 1.165) is 5.56 Å². The van der Waals surface area contributed by atoms with Crippen molar-refractivity contribution in [3.63, 3.8) is 0 Å². The van der Waals surface area contributed by atoms with Crippen molar-refractivity contribution in [2.75, 3.05) is 18.6 Å². The highest BCUT2D eigenvalue weighted by Gasteiger charge is 2.31. The number of nitrogens with zero attached hydrogens (tertiary/aromatic N) is 1. The third-order valence-corrected chi connectivity index (χ3v) is 4.36. The predicted molar refractivity (Wildman–Crippen MR) is 111 cm³/mol. The summed E-state index contributed by atoms with van der Waals surface area (Å²) in [6.07, 6.45) is 3.37. The highest BCUT2D eigenvalue weighted by molar-refractivity contribution is 7.80. The normalized spacial score (nSPS) is 15.0. The molecule has 1 amide bonds. The molecule has 0 aliphatic carbocycles. The van der Waals surface area contributed by atoms with Crippen LogP contribution in [0, 0.1) is 0 Å². The van der Waals surface area contributed by atoms with Gasteiger partial charge in [-0.3, -0.25) is 9.69 Å².